The Bertz CT molecular complexity index is 817. The molecule has 1 unspecified atom stereocenters. The maximum atomic E-state index is 12.3. The van der Waals surface area contributed by atoms with Crippen LogP contribution in [-0.2, 0) is 22.5 Å². The molecule has 1 atom stereocenters. The summed E-state index contributed by atoms with van der Waals surface area (Å²) in [5.74, 6) is 0.514. The van der Waals surface area contributed by atoms with E-state index in [0.717, 1.165) is 23.2 Å². The molecule has 2 rings (SSSR count). The summed E-state index contributed by atoms with van der Waals surface area (Å²) in [4.78, 5) is 12.3. The minimum Gasteiger partial charge on any atom is -0.455 e. The summed E-state index contributed by atoms with van der Waals surface area (Å²) in [7, 11) is 4.27. The zero-order valence-electron chi connectivity index (χ0n) is 22.6. The molecule has 0 spiro atoms. The van der Waals surface area contributed by atoms with Gasteiger partial charge in [0.25, 0.3) is 0 Å². The number of unbranched alkanes of at least 4 members (excludes halogenated alkanes) is 8. The van der Waals surface area contributed by atoms with Gasteiger partial charge in [-0.1, -0.05) is 101 Å². The highest BCUT2D eigenvalue weighted by Crippen LogP contribution is 2.17. The number of ether oxygens (including phenoxy) is 2. The standard InChI is InChI=1S/C31H48NO3/c1-5-6-7-8-9-10-11-12-14-17-28-20-22-30(23-21-28)34-27(2)35-31(33)24-25-32(3,4)26-29-18-15-13-16-19-29/h13,15-16,18-23,27H,5-12,14,17,24-26H2,1-4H3/q+1. The van der Waals surface area contributed by atoms with E-state index < -0.39 is 6.29 Å². The van der Waals surface area contributed by atoms with Gasteiger partial charge in [0.2, 0.25) is 6.29 Å². The summed E-state index contributed by atoms with van der Waals surface area (Å²) in [6, 6.07) is 18.6. The Labute approximate surface area is 214 Å². The summed E-state index contributed by atoms with van der Waals surface area (Å²) in [5, 5.41) is 0. The molecule has 194 valence electrons. The molecule has 0 bridgehead atoms. The van der Waals surface area contributed by atoms with Crippen molar-refractivity contribution in [1.82, 2.24) is 0 Å². The first kappa shape index (κ1) is 28.9. The highest BCUT2D eigenvalue weighted by Gasteiger charge is 2.20. The summed E-state index contributed by atoms with van der Waals surface area (Å²) < 4.78 is 12.0. The number of rotatable bonds is 18. The zero-order valence-corrected chi connectivity index (χ0v) is 22.6. The van der Waals surface area contributed by atoms with E-state index >= 15 is 0 Å². The maximum Gasteiger partial charge on any atom is 0.314 e. The van der Waals surface area contributed by atoms with Crippen LogP contribution in [0, 0.1) is 0 Å². The Morgan fingerprint density at radius 2 is 1.40 bits per heavy atom. The van der Waals surface area contributed by atoms with Crippen LogP contribution in [0.25, 0.3) is 0 Å². The molecule has 0 amide bonds. The molecule has 0 heterocycles. The monoisotopic (exact) mass is 482 g/mol. The number of carbonyl (C=O) groups excluding carboxylic acids is 1. The molecule has 0 saturated heterocycles. The third-order valence-electron chi connectivity index (χ3n) is 6.47. The number of hydrogen-bond acceptors (Lipinski definition) is 3. The third kappa shape index (κ3) is 13.4. The minimum absolute atomic E-state index is 0.223. The van der Waals surface area contributed by atoms with Crippen LogP contribution < -0.4 is 4.74 Å². The molecule has 0 aliphatic carbocycles. The number of esters is 1. The van der Waals surface area contributed by atoms with Crippen molar-refractivity contribution in [3.8, 4) is 5.75 Å². The normalized spacial score (nSPS) is 12.3. The maximum absolute atomic E-state index is 12.3. The molecule has 4 nitrogen and oxygen atoms in total. The molecule has 0 aliphatic heterocycles. The molecule has 0 aliphatic rings. The van der Waals surface area contributed by atoms with Crippen LogP contribution in [0.15, 0.2) is 54.6 Å². The smallest absolute Gasteiger partial charge is 0.314 e. The first-order valence-corrected chi connectivity index (χ1v) is 13.7. The van der Waals surface area contributed by atoms with E-state index in [0.29, 0.717) is 13.0 Å². The fraction of sp³-hybridized carbons (Fsp3) is 0.581. The Balaban J connectivity index is 1.60. The van der Waals surface area contributed by atoms with Crippen LogP contribution in [0.2, 0.25) is 0 Å². The Morgan fingerprint density at radius 3 is 2.03 bits per heavy atom. The molecule has 4 heteroatoms. The molecular formula is C31H48NO3+. The van der Waals surface area contributed by atoms with Crippen molar-refractivity contribution in [2.24, 2.45) is 0 Å². The Kier molecular flexibility index (Phi) is 13.5. The second-order valence-electron chi connectivity index (χ2n) is 10.5. The summed E-state index contributed by atoms with van der Waals surface area (Å²) in [5.41, 5.74) is 2.60. The predicted octanol–water partition coefficient (Wildman–Crippen LogP) is 7.69. The minimum atomic E-state index is -0.601. The van der Waals surface area contributed by atoms with E-state index in [1.165, 1.54) is 68.9 Å². The molecule has 0 aromatic heterocycles. The SMILES string of the molecule is CCCCCCCCCCCc1ccc(OC(C)OC(=O)CC[N+](C)(C)Cc2ccccc2)cc1. The molecule has 2 aromatic carbocycles. The van der Waals surface area contributed by atoms with Crippen molar-refractivity contribution in [3.05, 3.63) is 65.7 Å². The van der Waals surface area contributed by atoms with Crippen LogP contribution in [0.1, 0.15) is 89.2 Å². The van der Waals surface area contributed by atoms with E-state index in [1.54, 1.807) is 6.92 Å². The van der Waals surface area contributed by atoms with Gasteiger partial charge in [0.1, 0.15) is 12.3 Å². The lowest BCUT2D eigenvalue weighted by molar-refractivity contribution is -0.903. The summed E-state index contributed by atoms with van der Waals surface area (Å²) in [6.07, 6.45) is 13.0. The van der Waals surface area contributed by atoms with Gasteiger partial charge < -0.3 is 14.0 Å². The van der Waals surface area contributed by atoms with Gasteiger partial charge in [0, 0.05) is 12.5 Å². The highest BCUT2D eigenvalue weighted by atomic mass is 16.7. The van der Waals surface area contributed by atoms with Crippen LogP contribution in [0.5, 0.6) is 5.75 Å². The lowest BCUT2D eigenvalue weighted by atomic mass is 10.0. The van der Waals surface area contributed by atoms with Gasteiger partial charge in [-0.15, -0.1) is 0 Å². The number of benzene rings is 2. The second kappa shape index (κ2) is 16.4. The van der Waals surface area contributed by atoms with Crippen molar-refractivity contribution in [3.63, 3.8) is 0 Å². The molecule has 0 N–H and O–H groups in total. The molecule has 0 radical (unpaired) electrons. The number of hydrogen-bond donors (Lipinski definition) is 0. The summed E-state index contributed by atoms with van der Waals surface area (Å²) >= 11 is 0. The van der Waals surface area contributed by atoms with Gasteiger partial charge in [0.05, 0.1) is 27.1 Å². The Hall–Kier alpha value is -2.33. The van der Waals surface area contributed by atoms with E-state index in [2.05, 4.69) is 45.3 Å². The lowest BCUT2D eigenvalue weighted by Crippen LogP contribution is -2.40. The van der Waals surface area contributed by atoms with E-state index in [9.17, 15) is 4.79 Å². The Morgan fingerprint density at radius 1 is 0.800 bits per heavy atom. The highest BCUT2D eigenvalue weighted by molar-refractivity contribution is 5.69. The van der Waals surface area contributed by atoms with Crippen LogP contribution in [0.4, 0.5) is 0 Å². The number of nitrogens with zero attached hydrogens (tertiary/aromatic N) is 1. The lowest BCUT2D eigenvalue weighted by Gasteiger charge is -2.29. The largest absolute Gasteiger partial charge is 0.455 e. The van der Waals surface area contributed by atoms with Gasteiger partial charge in [-0.2, -0.15) is 0 Å². The predicted molar refractivity (Wildman–Crippen MR) is 145 cm³/mol. The average molecular weight is 483 g/mol. The van der Waals surface area contributed by atoms with Crippen LogP contribution in [0.3, 0.4) is 0 Å². The van der Waals surface area contributed by atoms with E-state index in [4.69, 9.17) is 9.47 Å². The van der Waals surface area contributed by atoms with Crippen molar-refractivity contribution >= 4 is 5.97 Å². The number of carbonyl (C=O) groups is 1. The van der Waals surface area contributed by atoms with Crippen molar-refractivity contribution in [1.29, 1.82) is 0 Å². The summed E-state index contributed by atoms with van der Waals surface area (Å²) in [6.45, 7) is 5.64. The first-order chi connectivity index (χ1) is 16.9. The van der Waals surface area contributed by atoms with Crippen LogP contribution in [-0.4, -0.2) is 37.4 Å². The van der Waals surface area contributed by atoms with Gasteiger partial charge in [-0.05, 0) is 30.5 Å². The second-order valence-corrected chi connectivity index (χ2v) is 10.5. The van der Waals surface area contributed by atoms with Gasteiger partial charge in [-0.3, -0.25) is 4.79 Å². The van der Waals surface area contributed by atoms with E-state index in [-0.39, 0.29) is 5.97 Å². The first-order valence-electron chi connectivity index (χ1n) is 13.7. The van der Waals surface area contributed by atoms with Gasteiger partial charge in [0.15, 0.2) is 0 Å². The molecule has 35 heavy (non-hydrogen) atoms. The fourth-order valence-corrected chi connectivity index (χ4v) is 4.38. The van der Waals surface area contributed by atoms with Crippen molar-refractivity contribution in [2.45, 2.75) is 97.3 Å². The van der Waals surface area contributed by atoms with Gasteiger partial charge in [-0.25, -0.2) is 0 Å². The van der Waals surface area contributed by atoms with E-state index in [1.807, 2.05) is 30.3 Å². The van der Waals surface area contributed by atoms with Crippen molar-refractivity contribution in [2.75, 3.05) is 20.6 Å². The number of aryl methyl sites for hydroxylation is 1. The fourth-order valence-electron chi connectivity index (χ4n) is 4.38. The molecule has 2 aromatic rings. The topological polar surface area (TPSA) is 35.5 Å². The molecule has 0 fully saturated rings. The zero-order chi connectivity index (χ0) is 25.4. The quantitative estimate of drug-likeness (QED) is 0.0945. The molecule has 0 saturated carbocycles. The molecular weight excluding hydrogens is 434 g/mol. The average Bonchev–Trinajstić information content (AvgIpc) is 2.83. The van der Waals surface area contributed by atoms with Crippen LogP contribution >= 0.6 is 0 Å². The third-order valence-corrected chi connectivity index (χ3v) is 6.47. The van der Waals surface area contributed by atoms with Crippen molar-refractivity contribution < 1.29 is 18.8 Å². The van der Waals surface area contributed by atoms with Gasteiger partial charge >= 0.3 is 5.97 Å². The number of quaternary nitrogens is 1.